The largest absolute Gasteiger partial charge is 0.389 e. The molecule has 186 valence electrons. The van der Waals surface area contributed by atoms with Crippen molar-refractivity contribution in [1.82, 2.24) is 0 Å². The van der Waals surface area contributed by atoms with Crippen molar-refractivity contribution in [3.8, 4) is 0 Å². The summed E-state index contributed by atoms with van der Waals surface area (Å²) in [7, 11) is 3.83. The molecule has 3 aromatic rings. The van der Waals surface area contributed by atoms with E-state index in [1.54, 1.807) is 48.5 Å². The van der Waals surface area contributed by atoms with E-state index in [0.29, 0.717) is 16.9 Å². The van der Waals surface area contributed by atoms with Crippen molar-refractivity contribution in [3.05, 3.63) is 90.5 Å². The third-order valence-electron chi connectivity index (χ3n) is 6.71. The van der Waals surface area contributed by atoms with Crippen LogP contribution in [0.15, 0.2) is 84.9 Å². The second-order valence-electron chi connectivity index (χ2n) is 9.68. The van der Waals surface area contributed by atoms with E-state index in [-0.39, 0.29) is 6.42 Å². The first kappa shape index (κ1) is 25.1. The van der Waals surface area contributed by atoms with Gasteiger partial charge in [-0.2, -0.15) is 0 Å². The molecule has 0 bridgehead atoms. The van der Waals surface area contributed by atoms with E-state index in [2.05, 4.69) is 10.6 Å². The molecule has 0 unspecified atom stereocenters. The minimum Gasteiger partial charge on any atom is -0.389 e. The number of carbonyl (C=O) groups is 3. The second-order valence-corrected chi connectivity index (χ2v) is 9.68. The maximum atomic E-state index is 13.7. The predicted octanol–water partition coefficient (Wildman–Crippen LogP) is 4.07. The molecule has 0 aliphatic heterocycles. The number of nitrogens with one attached hydrogen (secondary N) is 2. The number of anilines is 3. The minimum absolute atomic E-state index is 0.307. The molecule has 1 aliphatic carbocycles. The number of ketones is 1. The van der Waals surface area contributed by atoms with Crippen LogP contribution in [0.25, 0.3) is 0 Å². The van der Waals surface area contributed by atoms with E-state index in [4.69, 9.17) is 0 Å². The summed E-state index contributed by atoms with van der Waals surface area (Å²) in [5.41, 5.74) is 1.05. The fourth-order valence-corrected chi connectivity index (χ4v) is 4.97. The molecule has 4 rings (SSSR count). The summed E-state index contributed by atoms with van der Waals surface area (Å²) in [6, 6.07) is 25.2. The number of Topliss-reactive ketones (excluding diaryl/α,β-unsaturated/α-hetero) is 1. The molecule has 0 spiro atoms. The highest BCUT2D eigenvalue weighted by Gasteiger charge is 2.55. The summed E-state index contributed by atoms with van der Waals surface area (Å²) in [4.78, 5) is 42.5. The van der Waals surface area contributed by atoms with Crippen LogP contribution < -0.4 is 15.5 Å². The number of para-hydroxylation sites is 2. The standard InChI is InChI=1S/C29H31N3O4/c1-29(36)18-23(33)25(27(34)30-20-10-6-4-7-11-20)24(19-14-16-22(17-15-19)32(2)3)26(29)28(35)31-21-12-8-5-9-13-21/h4-17,24-26,36H,18H2,1-3H3,(H,30,34)(H,31,35)/t24-,25-,26+,29+/m1/s1. The van der Waals surface area contributed by atoms with Crippen molar-refractivity contribution in [3.63, 3.8) is 0 Å². The molecule has 4 atom stereocenters. The molecule has 2 amide bonds. The fraction of sp³-hybridized carbons (Fsp3) is 0.276. The number of carbonyl (C=O) groups excluding carboxylic acids is 3. The maximum absolute atomic E-state index is 13.7. The van der Waals surface area contributed by atoms with Gasteiger partial charge in [-0.05, 0) is 48.9 Å². The van der Waals surface area contributed by atoms with Gasteiger partial charge in [0.1, 0.15) is 11.7 Å². The van der Waals surface area contributed by atoms with Crippen LogP contribution in [-0.2, 0) is 14.4 Å². The summed E-state index contributed by atoms with van der Waals surface area (Å²) < 4.78 is 0. The van der Waals surface area contributed by atoms with Gasteiger partial charge in [0.25, 0.3) is 0 Å². The first-order valence-corrected chi connectivity index (χ1v) is 11.9. The summed E-state index contributed by atoms with van der Waals surface area (Å²) in [5.74, 6) is -4.42. The van der Waals surface area contributed by atoms with Crippen LogP contribution in [0, 0.1) is 11.8 Å². The van der Waals surface area contributed by atoms with Crippen LogP contribution in [-0.4, -0.2) is 42.4 Å². The van der Waals surface area contributed by atoms with E-state index in [0.717, 1.165) is 5.69 Å². The monoisotopic (exact) mass is 485 g/mol. The molecule has 1 aliphatic rings. The Labute approximate surface area is 211 Å². The van der Waals surface area contributed by atoms with Gasteiger partial charge in [-0.25, -0.2) is 0 Å². The molecule has 3 aromatic carbocycles. The fourth-order valence-electron chi connectivity index (χ4n) is 4.97. The molecule has 1 saturated carbocycles. The molecular weight excluding hydrogens is 454 g/mol. The molecule has 0 heterocycles. The van der Waals surface area contributed by atoms with Crippen LogP contribution in [0.3, 0.4) is 0 Å². The van der Waals surface area contributed by atoms with Gasteiger partial charge in [0.15, 0.2) is 0 Å². The Kier molecular flexibility index (Phi) is 7.22. The van der Waals surface area contributed by atoms with Crippen molar-refractivity contribution in [1.29, 1.82) is 0 Å². The van der Waals surface area contributed by atoms with E-state index >= 15 is 0 Å². The maximum Gasteiger partial charge on any atom is 0.235 e. The Bertz CT molecular complexity index is 1220. The molecule has 0 saturated heterocycles. The summed E-state index contributed by atoms with van der Waals surface area (Å²) >= 11 is 0. The van der Waals surface area contributed by atoms with Crippen molar-refractivity contribution in [2.75, 3.05) is 29.6 Å². The quantitative estimate of drug-likeness (QED) is 0.457. The third-order valence-corrected chi connectivity index (χ3v) is 6.71. The molecule has 0 aromatic heterocycles. The number of amides is 2. The van der Waals surface area contributed by atoms with Gasteiger partial charge in [0, 0.05) is 43.5 Å². The highest BCUT2D eigenvalue weighted by Crippen LogP contribution is 2.46. The lowest BCUT2D eigenvalue weighted by Crippen LogP contribution is -2.56. The lowest BCUT2D eigenvalue weighted by atomic mass is 9.61. The number of aliphatic hydroxyl groups is 1. The summed E-state index contributed by atoms with van der Waals surface area (Å²) in [6.07, 6.45) is -0.307. The van der Waals surface area contributed by atoms with Crippen molar-refractivity contribution < 1.29 is 19.5 Å². The lowest BCUT2D eigenvalue weighted by molar-refractivity contribution is -0.150. The van der Waals surface area contributed by atoms with Crippen molar-refractivity contribution >= 4 is 34.7 Å². The Morgan fingerprint density at radius 3 is 1.83 bits per heavy atom. The van der Waals surface area contributed by atoms with Gasteiger partial charge in [0.2, 0.25) is 11.8 Å². The van der Waals surface area contributed by atoms with Crippen LogP contribution in [0.5, 0.6) is 0 Å². The van der Waals surface area contributed by atoms with Gasteiger partial charge in [-0.15, -0.1) is 0 Å². The number of hydrogen-bond donors (Lipinski definition) is 3. The molecule has 36 heavy (non-hydrogen) atoms. The van der Waals surface area contributed by atoms with Crippen LogP contribution in [0.2, 0.25) is 0 Å². The molecular formula is C29H31N3O4. The average molecular weight is 486 g/mol. The zero-order valence-corrected chi connectivity index (χ0v) is 20.6. The Balaban J connectivity index is 1.77. The van der Waals surface area contributed by atoms with Gasteiger partial charge in [-0.1, -0.05) is 48.5 Å². The van der Waals surface area contributed by atoms with Crippen LogP contribution >= 0.6 is 0 Å². The third kappa shape index (κ3) is 5.31. The first-order valence-electron chi connectivity index (χ1n) is 11.9. The zero-order valence-electron chi connectivity index (χ0n) is 20.6. The zero-order chi connectivity index (χ0) is 25.9. The highest BCUT2D eigenvalue weighted by molar-refractivity contribution is 6.10. The van der Waals surface area contributed by atoms with Gasteiger partial charge in [-0.3, -0.25) is 14.4 Å². The Hall–Kier alpha value is -3.97. The summed E-state index contributed by atoms with van der Waals surface area (Å²) in [5, 5.41) is 17.1. The number of hydrogen-bond acceptors (Lipinski definition) is 5. The smallest absolute Gasteiger partial charge is 0.235 e. The van der Waals surface area contributed by atoms with Crippen LogP contribution in [0.1, 0.15) is 24.8 Å². The van der Waals surface area contributed by atoms with Crippen molar-refractivity contribution in [2.45, 2.75) is 24.9 Å². The van der Waals surface area contributed by atoms with E-state index in [1.807, 2.05) is 55.4 Å². The van der Waals surface area contributed by atoms with E-state index in [1.165, 1.54) is 6.92 Å². The molecule has 3 N–H and O–H groups in total. The average Bonchev–Trinajstić information content (AvgIpc) is 2.84. The van der Waals surface area contributed by atoms with Crippen molar-refractivity contribution in [2.24, 2.45) is 11.8 Å². The van der Waals surface area contributed by atoms with Gasteiger partial charge < -0.3 is 20.6 Å². The van der Waals surface area contributed by atoms with E-state index < -0.39 is 41.0 Å². The molecule has 7 nitrogen and oxygen atoms in total. The van der Waals surface area contributed by atoms with Crippen LogP contribution in [0.4, 0.5) is 17.1 Å². The second kappa shape index (κ2) is 10.3. The Morgan fingerprint density at radius 2 is 1.33 bits per heavy atom. The SMILES string of the molecule is CN(C)c1ccc([C@@H]2[C@H](C(=O)Nc3ccccc3)C(=O)C[C@](C)(O)[C@@H]2C(=O)Nc2ccccc2)cc1. The first-order chi connectivity index (χ1) is 17.2. The van der Waals surface area contributed by atoms with E-state index in [9.17, 15) is 19.5 Å². The topological polar surface area (TPSA) is 98.7 Å². The normalized spacial score (nSPS) is 23.6. The van der Waals surface area contributed by atoms with Gasteiger partial charge in [0.05, 0.1) is 11.5 Å². The molecule has 7 heteroatoms. The van der Waals surface area contributed by atoms with Gasteiger partial charge >= 0.3 is 0 Å². The number of benzene rings is 3. The predicted molar refractivity (Wildman–Crippen MR) is 141 cm³/mol. The number of nitrogens with zero attached hydrogens (tertiary/aromatic N) is 1. The molecule has 1 fully saturated rings. The number of rotatable bonds is 6. The highest BCUT2D eigenvalue weighted by atomic mass is 16.3. The molecule has 0 radical (unpaired) electrons. The summed E-state index contributed by atoms with van der Waals surface area (Å²) in [6.45, 7) is 1.49. The Morgan fingerprint density at radius 1 is 0.833 bits per heavy atom. The minimum atomic E-state index is -1.65. The lowest BCUT2D eigenvalue weighted by Gasteiger charge is -2.44.